The first-order valence-electron chi connectivity index (χ1n) is 6.89. The molecule has 2 N–H and O–H groups in total. The van der Waals surface area contributed by atoms with Gasteiger partial charge in [-0.3, -0.25) is 4.79 Å². The third-order valence-corrected chi connectivity index (χ3v) is 3.49. The van der Waals surface area contributed by atoms with E-state index in [0.717, 1.165) is 29.7 Å². The van der Waals surface area contributed by atoms with Gasteiger partial charge in [0.25, 0.3) is 5.91 Å². The minimum Gasteiger partial charge on any atom is -0.396 e. The smallest absolute Gasteiger partial charge is 0.255 e. The molecular weight excluding hydrogens is 286 g/mol. The quantitative estimate of drug-likeness (QED) is 0.801. The van der Waals surface area contributed by atoms with E-state index in [1.165, 1.54) is 0 Å². The lowest BCUT2D eigenvalue weighted by atomic mass is 10.1. The highest BCUT2D eigenvalue weighted by molar-refractivity contribution is 6.17. The molecule has 0 aromatic heterocycles. The van der Waals surface area contributed by atoms with E-state index >= 15 is 0 Å². The number of aryl methyl sites for hydroxylation is 1. The van der Waals surface area contributed by atoms with Crippen LogP contribution in [0.2, 0.25) is 0 Å². The van der Waals surface area contributed by atoms with Crippen molar-refractivity contribution in [3.63, 3.8) is 0 Å². The molecule has 0 aliphatic carbocycles. The second-order valence-corrected chi connectivity index (χ2v) is 5.08. The Morgan fingerprint density at radius 2 is 1.86 bits per heavy atom. The van der Waals surface area contributed by atoms with Gasteiger partial charge in [-0.05, 0) is 48.2 Å². The summed E-state index contributed by atoms with van der Waals surface area (Å²) in [5, 5.41) is 11.7. The standard InChI is InChI=1S/C17H18ClNO2/c18-12-14-6-8-15(9-7-14)17(21)19-16-5-1-3-13(11-16)4-2-10-20/h1,3,5-9,11,20H,2,4,10,12H2,(H,19,21). The molecule has 0 aliphatic heterocycles. The lowest BCUT2D eigenvalue weighted by molar-refractivity contribution is 0.102. The van der Waals surface area contributed by atoms with Crippen molar-refractivity contribution in [2.75, 3.05) is 11.9 Å². The van der Waals surface area contributed by atoms with Crippen LogP contribution in [-0.4, -0.2) is 17.6 Å². The number of carbonyl (C=O) groups excluding carboxylic acids is 1. The second kappa shape index (κ2) is 7.81. The number of amides is 1. The van der Waals surface area contributed by atoms with Gasteiger partial charge in [0, 0.05) is 23.7 Å². The fourth-order valence-electron chi connectivity index (χ4n) is 2.04. The maximum Gasteiger partial charge on any atom is 0.255 e. The van der Waals surface area contributed by atoms with Crippen LogP contribution in [0.25, 0.3) is 0 Å². The van der Waals surface area contributed by atoms with E-state index in [9.17, 15) is 4.79 Å². The fraction of sp³-hybridized carbons (Fsp3) is 0.235. The molecule has 0 unspecified atom stereocenters. The maximum atomic E-state index is 12.2. The summed E-state index contributed by atoms with van der Waals surface area (Å²) in [6.07, 6.45) is 1.52. The molecular formula is C17H18ClNO2. The van der Waals surface area contributed by atoms with Crippen molar-refractivity contribution in [1.82, 2.24) is 0 Å². The Hall–Kier alpha value is -1.84. The largest absolute Gasteiger partial charge is 0.396 e. The van der Waals surface area contributed by atoms with Crippen molar-refractivity contribution in [3.05, 3.63) is 65.2 Å². The fourth-order valence-corrected chi connectivity index (χ4v) is 2.21. The van der Waals surface area contributed by atoms with Gasteiger partial charge >= 0.3 is 0 Å². The van der Waals surface area contributed by atoms with Gasteiger partial charge in [0.1, 0.15) is 0 Å². The molecule has 21 heavy (non-hydrogen) atoms. The number of aliphatic hydroxyl groups is 1. The van der Waals surface area contributed by atoms with E-state index in [0.29, 0.717) is 11.4 Å². The van der Waals surface area contributed by atoms with E-state index in [4.69, 9.17) is 16.7 Å². The highest BCUT2D eigenvalue weighted by Crippen LogP contribution is 2.14. The van der Waals surface area contributed by atoms with Crippen LogP contribution in [0, 0.1) is 0 Å². The van der Waals surface area contributed by atoms with E-state index < -0.39 is 0 Å². The molecule has 110 valence electrons. The monoisotopic (exact) mass is 303 g/mol. The minimum absolute atomic E-state index is 0.143. The summed E-state index contributed by atoms with van der Waals surface area (Å²) < 4.78 is 0. The number of aliphatic hydroxyl groups excluding tert-OH is 1. The Labute approximate surface area is 129 Å². The molecule has 2 aromatic carbocycles. The van der Waals surface area contributed by atoms with Gasteiger partial charge in [-0.2, -0.15) is 0 Å². The van der Waals surface area contributed by atoms with Crippen LogP contribution in [0.15, 0.2) is 48.5 Å². The lowest BCUT2D eigenvalue weighted by Gasteiger charge is -2.08. The highest BCUT2D eigenvalue weighted by atomic mass is 35.5. The Kier molecular flexibility index (Phi) is 5.78. The molecule has 0 aliphatic rings. The molecule has 2 rings (SSSR count). The van der Waals surface area contributed by atoms with Crippen LogP contribution in [0.4, 0.5) is 5.69 Å². The van der Waals surface area contributed by atoms with Gasteiger partial charge in [0.15, 0.2) is 0 Å². The van der Waals surface area contributed by atoms with E-state index in [2.05, 4.69) is 5.32 Å². The first-order valence-corrected chi connectivity index (χ1v) is 7.42. The zero-order valence-corrected chi connectivity index (χ0v) is 12.4. The topological polar surface area (TPSA) is 49.3 Å². The number of hydrogen-bond donors (Lipinski definition) is 2. The third-order valence-electron chi connectivity index (χ3n) is 3.18. The molecule has 0 bridgehead atoms. The predicted molar refractivity (Wildman–Crippen MR) is 85.8 cm³/mol. The van der Waals surface area contributed by atoms with Gasteiger partial charge in [-0.25, -0.2) is 0 Å². The maximum absolute atomic E-state index is 12.2. The molecule has 1 amide bonds. The average molecular weight is 304 g/mol. The van der Waals surface area contributed by atoms with Crippen LogP contribution in [0.5, 0.6) is 0 Å². The van der Waals surface area contributed by atoms with Crippen molar-refractivity contribution in [2.45, 2.75) is 18.7 Å². The van der Waals surface area contributed by atoms with Crippen LogP contribution in [-0.2, 0) is 12.3 Å². The van der Waals surface area contributed by atoms with Gasteiger partial charge < -0.3 is 10.4 Å². The SMILES string of the molecule is O=C(Nc1cccc(CCCO)c1)c1ccc(CCl)cc1. The molecule has 0 heterocycles. The van der Waals surface area contributed by atoms with Crippen molar-refractivity contribution < 1.29 is 9.90 Å². The van der Waals surface area contributed by atoms with E-state index in [-0.39, 0.29) is 12.5 Å². The number of halogens is 1. The summed E-state index contributed by atoms with van der Waals surface area (Å²) in [6, 6.07) is 14.9. The second-order valence-electron chi connectivity index (χ2n) is 4.81. The Morgan fingerprint density at radius 1 is 1.10 bits per heavy atom. The zero-order valence-electron chi connectivity index (χ0n) is 11.7. The minimum atomic E-state index is -0.143. The van der Waals surface area contributed by atoms with Crippen molar-refractivity contribution in [2.24, 2.45) is 0 Å². The molecule has 0 saturated carbocycles. The van der Waals surface area contributed by atoms with Gasteiger partial charge in [-0.1, -0.05) is 24.3 Å². The lowest BCUT2D eigenvalue weighted by Crippen LogP contribution is -2.12. The van der Waals surface area contributed by atoms with E-state index in [1.807, 2.05) is 36.4 Å². The first kappa shape index (κ1) is 15.5. The summed E-state index contributed by atoms with van der Waals surface area (Å²) >= 11 is 5.73. The number of anilines is 1. The first-order chi connectivity index (χ1) is 10.2. The van der Waals surface area contributed by atoms with Gasteiger partial charge in [0.05, 0.1) is 0 Å². The summed E-state index contributed by atoms with van der Waals surface area (Å²) in [4.78, 5) is 12.2. The molecule has 0 radical (unpaired) electrons. The number of benzene rings is 2. The summed E-state index contributed by atoms with van der Waals surface area (Å²) in [5.74, 6) is 0.296. The molecule has 0 atom stereocenters. The number of hydrogen-bond acceptors (Lipinski definition) is 2. The van der Waals surface area contributed by atoms with Crippen molar-refractivity contribution in [3.8, 4) is 0 Å². The van der Waals surface area contributed by atoms with Crippen LogP contribution in [0.1, 0.15) is 27.9 Å². The number of carbonyl (C=O) groups is 1. The number of alkyl halides is 1. The average Bonchev–Trinajstić information content (AvgIpc) is 2.53. The summed E-state index contributed by atoms with van der Waals surface area (Å²) in [6.45, 7) is 0.170. The van der Waals surface area contributed by atoms with Crippen molar-refractivity contribution in [1.29, 1.82) is 0 Å². The summed E-state index contributed by atoms with van der Waals surface area (Å²) in [7, 11) is 0. The van der Waals surface area contributed by atoms with Gasteiger partial charge in [0.2, 0.25) is 0 Å². The number of rotatable bonds is 6. The predicted octanol–water partition coefficient (Wildman–Crippen LogP) is 3.60. The molecule has 3 nitrogen and oxygen atoms in total. The normalized spacial score (nSPS) is 10.4. The third kappa shape index (κ3) is 4.59. The molecule has 0 spiro atoms. The Bertz CT molecular complexity index is 596. The van der Waals surface area contributed by atoms with Crippen molar-refractivity contribution >= 4 is 23.2 Å². The van der Waals surface area contributed by atoms with Crippen LogP contribution < -0.4 is 5.32 Å². The van der Waals surface area contributed by atoms with Crippen LogP contribution in [0.3, 0.4) is 0 Å². The van der Waals surface area contributed by atoms with Gasteiger partial charge in [-0.15, -0.1) is 11.6 Å². The molecule has 2 aromatic rings. The molecule has 4 heteroatoms. The summed E-state index contributed by atoms with van der Waals surface area (Å²) in [5.41, 5.74) is 3.44. The highest BCUT2D eigenvalue weighted by Gasteiger charge is 2.06. The Morgan fingerprint density at radius 3 is 2.52 bits per heavy atom. The molecule has 0 fully saturated rings. The van der Waals surface area contributed by atoms with Crippen LogP contribution >= 0.6 is 11.6 Å². The number of nitrogens with one attached hydrogen (secondary N) is 1. The zero-order chi connectivity index (χ0) is 15.1. The Balaban J connectivity index is 2.04. The van der Waals surface area contributed by atoms with E-state index in [1.54, 1.807) is 12.1 Å². The molecule has 0 saturated heterocycles.